The van der Waals surface area contributed by atoms with Gasteiger partial charge >= 0.3 is 0 Å². The second-order valence-corrected chi connectivity index (χ2v) is 9.30. The standard InChI is InChI=1S/C24H32N4O5/c1-26-16-24(6-9-28(10-7-24)22(31)14-27-11-8-25-17-27)13-20(30)19(29)12-18-4-2-3-5-21(18)33-15-23(26)32/h2-5,8,11,17,19-20,29-30H,6-7,9-10,12-16H2,1H3/t19-,20+/m0/s1. The van der Waals surface area contributed by atoms with Crippen LogP contribution in [0, 0.1) is 5.41 Å². The number of para-hydroxylation sites is 1. The Morgan fingerprint density at radius 2 is 1.97 bits per heavy atom. The van der Waals surface area contributed by atoms with E-state index in [1.54, 1.807) is 41.3 Å². The lowest BCUT2D eigenvalue weighted by molar-refractivity contribution is -0.139. The van der Waals surface area contributed by atoms with Gasteiger partial charge in [-0.1, -0.05) is 18.2 Å². The summed E-state index contributed by atoms with van der Waals surface area (Å²) in [7, 11) is 1.74. The van der Waals surface area contributed by atoms with Crippen molar-refractivity contribution in [3.8, 4) is 5.75 Å². The van der Waals surface area contributed by atoms with Crippen molar-refractivity contribution in [1.29, 1.82) is 0 Å². The van der Waals surface area contributed by atoms with Crippen LogP contribution in [0.25, 0.3) is 0 Å². The molecule has 0 aliphatic carbocycles. The Labute approximate surface area is 193 Å². The predicted octanol–water partition coefficient (Wildman–Crippen LogP) is 0.697. The summed E-state index contributed by atoms with van der Waals surface area (Å²) in [6.45, 7) is 1.67. The smallest absolute Gasteiger partial charge is 0.260 e. The molecule has 4 rings (SSSR count). The van der Waals surface area contributed by atoms with Gasteiger partial charge in [-0.05, 0) is 36.3 Å². The Morgan fingerprint density at radius 3 is 2.70 bits per heavy atom. The maximum absolute atomic E-state index is 12.8. The number of aliphatic hydroxyl groups excluding tert-OH is 2. The normalized spacial score (nSPS) is 23.9. The molecule has 2 atom stereocenters. The van der Waals surface area contributed by atoms with Crippen molar-refractivity contribution in [2.75, 3.05) is 33.3 Å². The second-order valence-electron chi connectivity index (χ2n) is 9.30. The average Bonchev–Trinajstić information content (AvgIpc) is 3.31. The number of aliphatic hydroxyl groups is 2. The third-order valence-corrected chi connectivity index (χ3v) is 6.89. The van der Waals surface area contributed by atoms with Crippen molar-refractivity contribution in [3.63, 3.8) is 0 Å². The van der Waals surface area contributed by atoms with E-state index < -0.39 is 17.6 Å². The van der Waals surface area contributed by atoms with E-state index in [4.69, 9.17) is 4.74 Å². The number of piperidine rings is 1. The number of fused-ring (bicyclic) bond motifs is 1. The quantitative estimate of drug-likeness (QED) is 0.689. The van der Waals surface area contributed by atoms with Crippen LogP contribution in [0.2, 0.25) is 0 Å². The van der Waals surface area contributed by atoms with Crippen LogP contribution in [0.4, 0.5) is 0 Å². The number of imidazole rings is 1. The number of rotatable bonds is 2. The third-order valence-electron chi connectivity index (χ3n) is 6.89. The molecule has 0 bridgehead atoms. The first-order valence-corrected chi connectivity index (χ1v) is 11.4. The molecular formula is C24H32N4O5. The van der Waals surface area contributed by atoms with Gasteiger partial charge in [-0.25, -0.2) is 4.98 Å². The number of benzene rings is 1. The monoisotopic (exact) mass is 456 g/mol. The van der Waals surface area contributed by atoms with E-state index in [9.17, 15) is 19.8 Å². The molecule has 1 aromatic carbocycles. The number of nitrogens with zero attached hydrogens (tertiary/aromatic N) is 4. The highest BCUT2D eigenvalue weighted by molar-refractivity contribution is 5.77. The predicted molar refractivity (Wildman–Crippen MR) is 120 cm³/mol. The number of hydrogen-bond acceptors (Lipinski definition) is 6. The molecule has 1 aromatic heterocycles. The first-order valence-electron chi connectivity index (χ1n) is 11.4. The van der Waals surface area contributed by atoms with Crippen LogP contribution >= 0.6 is 0 Å². The average molecular weight is 457 g/mol. The molecule has 178 valence electrons. The molecule has 9 heteroatoms. The largest absolute Gasteiger partial charge is 0.483 e. The van der Waals surface area contributed by atoms with Gasteiger partial charge in [-0.2, -0.15) is 0 Å². The highest BCUT2D eigenvalue weighted by atomic mass is 16.5. The zero-order valence-corrected chi connectivity index (χ0v) is 19.0. The van der Waals surface area contributed by atoms with Crippen LogP contribution in [-0.4, -0.2) is 86.9 Å². The lowest BCUT2D eigenvalue weighted by atomic mass is 9.72. The maximum atomic E-state index is 12.8. The van der Waals surface area contributed by atoms with Gasteiger partial charge in [0.1, 0.15) is 12.3 Å². The van der Waals surface area contributed by atoms with E-state index in [-0.39, 0.29) is 31.4 Å². The minimum absolute atomic E-state index is 0.0195. The van der Waals surface area contributed by atoms with Gasteiger partial charge in [-0.3, -0.25) is 9.59 Å². The second kappa shape index (κ2) is 9.93. The summed E-state index contributed by atoms with van der Waals surface area (Å²) in [5, 5.41) is 21.7. The Hall–Kier alpha value is -2.91. The topological polar surface area (TPSA) is 108 Å². The van der Waals surface area contributed by atoms with E-state index in [1.165, 1.54) is 0 Å². The molecule has 2 N–H and O–H groups in total. The van der Waals surface area contributed by atoms with Crippen LogP contribution in [-0.2, 0) is 22.6 Å². The van der Waals surface area contributed by atoms with E-state index in [0.29, 0.717) is 44.6 Å². The van der Waals surface area contributed by atoms with Crippen LogP contribution < -0.4 is 4.74 Å². The number of aromatic nitrogens is 2. The van der Waals surface area contributed by atoms with Gasteiger partial charge in [0.25, 0.3) is 5.91 Å². The van der Waals surface area contributed by atoms with Crippen molar-refractivity contribution in [2.24, 2.45) is 5.41 Å². The number of likely N-dealkylation sites (N-methyl/N-ethyl adjacent to an activating group) is 1. The van der Waals surface area contributed by atoms with E-state index in [1.807, 2.05) is 23.1 Å². The van der Waals surface area contributed by atoms with Crippen LogP contribution in [0.1, 0.15) is 24.8 Å². The van der Waals surface area contributed by atoms with Gasteiger partial charge in [0, 0.05) is 45.5 Å². The van der Waals surface area contributed by atoms with Gasteiger partial charge in [0.15, 0.2) is 6.61 Å². The molecule has 9 nitrogen and oxygen atoms in total. The van der Waals surface area contributed by atoms with Crippen molar-refractivity contribution < 1.29 is 24.5 Å². The molecule has 2 aromatic rings. The first-order chi connectivity index (χ1) is 15.8. The summed E-state index contributed by atoms with van der Waals surface area (Å²) in [5.41, 5.74) is 0.365. The van der Waals surface area contributed by atoms with Gasteiger partial charge in [-0.15, -0.1) is 0 Å². The number of amides is 2. The van der Waals surface area contributed by atoms with Crippen LogP contribution in [0.5, 0.6) is 5.75 Å². The fourth-order valence-corrected chi connectivity index (χ4v) is 4.89. The molecule has 0 radical (unpaired) electrons. The van der Waals surface area contributed by atoms with Gasteiger partial charge < -0.3 is 29.3 Å². The molecule has 1 saturated heterocycles. The van der Waals surface area contributed by atoms with Crippen LogP contribution in [0.3, 0.4) is 0 Å². The maximum Gasteiger partial charge on any atom is 0.260 e. The van der Waals surface area contributed by atoms with Crippen molar-refractivity contribution in [2.45, 2.75) is 44.4 Å². The Kier molecular flexibility index (Phi) is 6.99. The number of carbonyl (C=O) groups excluding carboxylic acids is 2. The first kappa shape index (κ1) is 23.3. The minimum Gasteiger partial charge on any atom is -0.483 e. The minimum atomic E-state index is -0.951. The summed E-state index contributed by atoms with van der Waals surface area (Å²) in [6, 6.07) is 7.27. The molecule has 2 aliphatic rings. The molecule has 2 aliphatic heterocycles. The third kappa shape index (κ3) is 5.54. The summed E-state index contributed by atoms with van der Waals surface area (Å²) in [4.78, 5) is 32.9. The highest BCUT2D eigenvalue weighted by Crippen LogP contribution is 2.38. The summed E-state index contributed by atoms with van der Waals surface area (Å²) in [5.74, 6) is 0.426. The zero-order valence-electron chi connectivity index (χ0n) is 19.0. The molecule has 1 fully saturated rings. The molecular weight excluding hydrogens is 424 g/mol. The van der Waals surface area contributed by atoms with E-state index in [2.05, 4.69) is 4.98 Å². The molecule has 0 unspecified atom stereocenters. The Balaban J connectivity index is 1.48. The molecule has 1 spiro atoms. The van der Waals surface area contributed by atoms with E-state index in [0.717, 1.165) is 5.56 Å². The summed E-state index contributed by atoms with van der Waals surface area (Å²) >= 11 is 0. The number of carbonyl (C=O) groups is 2. The Morgan fingerprint density at radius 1 is 1.21 bits per heavy atom. The van der Waals surface area contributed by atoms with Gasteiger partial charge in [0.05, 0.1) is 18.5 Å². The van der Waals surface area contributed by atoms with Crippen molar-refractivity contribution >= 4 is 11.8 Å². The summed E-state index contributed by atoms with van der Waals surface area (Å²) < 4.78 is 7.50. The fourth-order valence-electron chi connectivity index (χ4n) is 4.89. The summed E-state index contributed by atoms with van der Waals surface area (Å²) in [6.07, 6.45) is 5.00. The molecule has 33 heavy (non-hydrogen) atoms. The van der Waals surface area contributed by atoms with E-state index >= 15 is 0 Å². The van der Waals surface area contributed by atoms with Crippen molar-refractivity contribution in [1.82, 2.24) is 19.4 Å². The van der Waals surface area contributed by atoms with Crippen LogP contribution in [0.15, 0.2) is 43.0 Å². The zero-order chi connectivity index (χ0) is 23.4. The Bertz CT molecular complexity index is 956. The number of ether oxygens (including phenoxy) is 1. The number of hydrogen-bond donors (Lipinski definition) is 2. The molecule has 2 amide bonds. The van der Waals surface area contributed by atoms with Gasteiger partial charge in [0.2, 0.25) is 5.91 Å². The van der Waals surface area contributed by atoms with Crippen molar-refractivity contribution in [3.05, 3.63) is 48.5 Å². The molecule has 0 saturated carbocycles. The SMILES string of the molecule is CN1CC2(CCN(C(=O)Cn3ccnc3)CC2)C[C@@H](O)[C@@H](O)Cc2ccccc2OCC1=O. The molecule has 3 heterocycles. The fraction of sp³-hybridized carbons (Fsp3) is 0.542. The lowest BCUT2D eigenvalue weighted by Gasteiger charge is -2.45. The number of likely N-dealkylation sites (tertiary alicyclic amines) is 1. The highest BCUT2D eigenvalue weighted by Gasteiger charge is 2.40. The lowest BCUT2D eigenvalue weighted by Crippen LogP contribution is -2.51.